The molecule has 0 aliphatic carbocycles. The molecule has 0 radical (unpaired) electrons. The molecule has 0 bridgehead atoms. The van der Waals surface area contributed by atoms with E-state index in [9.17, 15) is 9.90 Å². The maximum absolute atomic E-state index is 12.4. The molecule has 2 heterocycles. The fraction of sp³-hybridized carbons (Fsp3) is 0.0588. The standard InChI is InChI=1S/C17H12N2O5/c18-16-11(6-9-2-1-3-12(20)15(9)24-16)17(21)19-10-4-5-13-14(7-10)23-8-22-13/h1-7,18,20H,8H2,(H,19,21). The first-order chi connectivity index (χ1) is 11.6. The van der Waals surface area contributed by atoms with Crippen LogP contribution < -0.4 is 20.3 Å². The van der Waals surface area contributed by atoms with Gasteiger partial charge in [-0.25, -0.2) is 0 Å². The Morgan fingerprint density at radius 3 is 2.83 bits per heavy atom. The second kappa shape index (κ2) is 5.31. The summed E-state index contributed by atoms with van der Waals surface area (Å²) in [6.45, 7) is 0.149. The molecule has 1 aliphatic heterocycles. The second-order valence-electron chi connectivity index (χ2n) is 5.21. The Hall–Kier alpha value is -3.48. The van der Waals surface area contributed by atoms with Crippen LogP contribution in [0.3, 0.4) is 0 Å². The van der Waals surface area contributed by atoms with E-state index >= 15 is 0 Å². The highest BCUT2D eigenvalue weighted by Crippen LogP contribution is 2.34. The van der Waals surface area contributed by atoms with Crippen LogP contribution in [0, 0.1) is 5.41 Å². The summed E-state index contributed by atoms with van der Waals surface area (Å²) in [5.41, 5.74) is 0.412. The van der Waals surface area contributed by atoms with Crippen molar-refractivity contribution in [2.75, 3.05) is 12.1 Å². The van der Waals surface area contributed by atoms with Crippen molar-refractivity contribution in [1.29, 1.82) is 5.41 Å². The molecule has 0 saturated carbocycles. The van der Waals surface area contributed by atoms with E-state index in [0.29, 0.717) is 22.6 Å². The van der Waals surface area contributed by atoms with E-state index < -0.39 is 5.91 Å². The van der Waals surface area contributed by atoms with Crippen LogP contribution in [0.25, 0.3) is 11.0 Å². The zero-order valence-corrected chi connectivity index (χ0v) is 12.3. The molecule has 0 fully saturated rings. The SMILES string of the molecule is N=c1oc2c(O)cccc2cc1C(=O)Nc1ccc2c(c1)OCO2. The maximum Gasteiger partial charge on any atom is 0.261 e. The predicted molar refractivity (Wildman–Crippen MR) is 84.3 cm³/mol. The normalized spacial score (nSPS) is 12.3. The van der Waals surface area contributed by atoms with Crippen molar-refractivity contribution in [3.63, 3.8) is 0 Å². The Bertz CT molecular complexity index is 1030. The van der Waals surface area contributed by atoms with Gasteiger partial charge in [-0.2, -0.15) is 0 Å². The highest BCUT2D eigenvalue weighted by atomic mass is 16.7. The molecule has 0 saturated heterocycles. The zero-order valence-electron chi connectivity index (χ0n) is 12.3. The van der Waals surface area contributed by atoms with Crippen LogP contribution in [0.15, 0.2) is 46.9 Å². The molecule has 7 nitrogen and oxygen atoms in total. The van der Waals surface area contributed by atoms with Crippen molar-refractivity contribution in [3.8, 4) is 17.2 Å². The van der Waals surface area contributed by atoms with Crippen molar-refractivity contribution in [1.82, 2.24) is 0 Å². The third kappa shape index (κ3) is 2.32. The number of hydrogen-bond acceptors (Lipinski definition) is 6. The lowest BCUT2D eigenvalue weighted by Crippen LogP contribution is -2.20. The molecule has 24 heavy (non-hydrogen) atoms. The third-order valence-corrected chi connectivity index (χ3v) is 3.65. The van der Waals surface area contributed by atoms with E-state index in [-0.39, 0.29) is 29.2 Å². The Balaban J connectivity index is 1.68. The number of phenols is 1. The van der Waals surface area contributed by atoms with Crippen LogP contribution in [0.5, 0.6) is 17.2 Å². The number of rotatable bonds is 2. The number of ether oxygens (including phenoxy) is 2. The number of hydrogen-bond donors (Lipinski definition) is 3. The van der Waals surface area contributed by atoms with E-state index in [1.165, 1.54) is 12.1 Å². The first-order valence-corrected chi connectivity index (χ1v) is 7.13. The van der Waals surface area contributed by atoms with E-state index in [2.05, 4.69) is 5.32 Å². The summed E-state index contributed by atoms with van der Waals surface area (Å²) < 4.78 is 15.7. The predicted octanol–water partition coefficient (Wildman–Crippen LogP) is 2.60. The number of amides is 1. The van der Waals surface area contributed by atoms with Gasteiger partial charge < -0.3 is 24.3 Å². The lowest BCUT2D eigenvalue weighted by Gasteiger charge is -2.07. The zero-order chi connectivity index (χ0) is 16.7. The number of para-hydroxylation sites is 1. The van der Waals surface area contributed by atoms with Gasteiger partial charge in [0.1, 0.15) is 5.56 Å². The molecule has 0 unspecified atom stereocenters. The maximum atomic E-state index is 12.4. The van der Waals surface area contributed by atoms with Crippen LogP contribution in [0.4, 0.5) is 5.69 Å². The second-order valence-corrected chi connectivity index (χ2v) is 5.21. The minimum absolute atomic E-state index is 0.0609. The number of carbonyl (C=O) groups is 1. The topological polar surface area (TPSA) is 105 Å². The Morgan fingerprint density at radius 1 is 1.12 bits per heavy atom. The third-order valence-electron chi connectivity index (χ3n) is 3.65. The minimum Gasteiger partial charge on any atom is -0.504 e. The van der Waals surface area contributed by atoms with Crippen molar-refractivity contribution in [3.05, 3.63) is 53.6 Å². The van der Waals surface area contributed by atoms with Gasteiger partial charge in [-0.15, -0.1) is 0 Å². The molecule has 3 aromatic rings. The number of phenolic OH excluding ortho intramolecular Hbond substituents is 1. The van der Waals surface area contributed by atoms with Crippen LogP contribution in [0.2, 0.25) is 0 Å². The van der Waals surface area contributed by atoms with Gasteiger partial charge in [0.05, 0.1) is 0 Å². The van der Waals surface area contributed by atoms with Gasteiger partial charge in [0, 0.05) is 17.1 Å². The van der Waals surface area contributed by atoms with Crippen LogP contribution >= 0.6 is 0 Å². The Morgan fingerprint density at radius 2 is 1.96 bits per heavy atom. The molecule has 2 aromatic carbocycles. The molecule has 3 N–H and O–H groups in total. The van der Waals surface area contributed by atoms with Gasteiger partial charge in [-0.05, 0) is 24.3 Å². The van der Waals surface area contributed by atoms with Crippen LogP contribution in [-0.2, 0) is 0 Å². The molecule has 0 atom stereocenters. The molecular weight excluding hydrogens is 312 g/mol. The van der Waals surface area contributed by atoms with E-state index in [1.807, 2.05) is 0 Å². The molecular formula is C17H12N2O5. The number of fused-ring (bicyclic) bond motifs is 2. The number of anilines is 1. The molecule has 7 heteroatoms. The molecule has 120 valence electrons. The summed E-state index contributed by atoms with van der Waals surface area (Å²) in [6.07, 6.45) is 0. The molecule has 0 spiro atoms. The average Bonchev–Trinajstić information content (AvgIpc) is 3.03. The van der Waals surface area contributed by atoms with Crippen molar-refractivity contribution in [2.45, 2.75) is 0 Å². The summed E-state index contributed by atoms with van der Waals surface area (Å²) in [6, 6.07) is 11.3. The van der Waals surface area contributed by atoms with Crippen molar-refractivity contribution >= 4 is 22.6 Å². The Kier molecular flexibility index (Phi) is 3.13. The fourth-order valence-electron chi connectivity index (χ4n) is 2.49. The van der Waals surface area contributed by atoms with Gasteiger partial charge in [0.15, 0.2) is 22.8 Å². The summed E-state index contributed by atoms with van der Waals surface area (Å²) >= 11 is 0. The molecule has 1 amide bonds. The van der Waals surface area contributed by atoms with Gasteiger partial charge in [0.25, 0.3) is 5.91 Å². The van der Waals surface area contributed by atoms with Gasteiger partial charge >= 0.3 is 0 Å². The van der Waals surface area contributed by atoms with Crippen LogP contribution in [-0.4, -0.2) is 17.8 Å². The van der Waals surface area contributed by atoms with Gasteiger partial charge in [0.2, 0.25) is 12.3 Å². The van der Waals surface area contributed by atoms with Gasteiger partial charge in [-0.3, -0.25) is 10.2 Å². The van der Waals surface area contributed by atoms with Crippen LogP contribution in [0.1, 0.15) is 10.4 Å². The lowest BCUT2D eigenvalue weighted by molar-refractivity contribution is 0.102. The summed E-state index contributed by atoms with van der Waals surface area (Å²) in [4.78, 5) is 12.4. The minimum atomic E-state index is -0.493. The number of carbonyl (C=O) groups excluding carboxylic acids is 1. The molecule has 4 rings (SSSR count). The monoisotopic (exact) mass is 324 g/mol. The summed E-state index contributed by atoms with van der Waals surface area (Å²) in [5.74, 6) is 0.592. The number of benzene rings is 2. The highest BCUT2D eigenvalue weighted by Gasteiger charge is 2.16. The smallest absolute Gasteiger partial charge is 0.261 e. The fourth-order valence-corrected chi connectivity index (χ4v) is 2.49. The van der Waals surface area contributed by atoms with Crippen molar-refractivity contribution < 1.29 is 23.8 Å². The van der Waals surface area contributed by atoms with E-state index in [4.69, 9.17) is 19.3 Å². The van der Waals surface area contributed by atoms with Crippen molar-refractivity contribution in [2.24, 2.45) is 0 Å². The quantitative estimate of drug-likeness (QED) is 0.672. The largest absolute Gasteiger partial charge is 0.504 e. The summed E-state index contributed by atoms with van der Waals surface area (Å²) in [5, 5.41) is 20.9. The van der Waals surface area contributed by atoms with E-state index in [1.54, 1.807) is 30.3 Å². The summed E-state index contributed by atoms with van der Waals surface area (Å²) in [7, 11) is 0. The number of aromatic hydroxyl groups is 1. The Labute approximate surface area is 135 Å². The molecule has 1 aliphatic rings. The molecule has 1 aromatic heterocycles. The van der Waals surface area contributed by atoms with Gasteiger partial charge in [-0.1, -0.05) is 12.1 Å². The average molecular weight is 324 g/mol. The first-order valence-electron chi connectivity index (χ1n) is 7.13. The highest BCUT2D eigenvalue weighted by molar-refractivity contribution is 6.05. The lowest BCUT2D eigenvalue weighted by atomic mass is 10.1. The van der Waals surface area contributed by atoms with E-state index in [0.717, 1.165) is 0 Å². The first kappa shape index (κ1) is 14.1. The number of nitrogens with one attached hydrogen (secondary N) is 2.